The third-order valence-corrected chi connectivity index (χ3v) is 3.74. The minimum Gasteiger partial charge on any atom is -0.399 e. The molecule has 1 atom stereocenters. The van der Waals surface area contributed by atoms with Crippen LogP contribution in [0.4, 0.5) is 17.6 Å². The Balaban J connectivity index is 2.22. The van der Waals surface area contributed by atoms with Crippen LogP contribution in [-0.2, 0) is 0 Å². The van der Waals surface area contributed by atoms with Gasteiger partial charge in [-0.1, -0.05) is 48.0 Å². The highest BCUT2D eigenvalue weighted by atomic mass is 35.5. The molecule has 0 aliphatic heterocycles. The molecule has 0 spiro atoms. The van der Waals surface area contributed by atoms with Gasteiger partial charge >= 0.3 is 0 Å². The van der Waals surface area contributed by atoms with Crippen molar-refractivity contribution in [3.05, 3.63) is 70.5 Å². The van der Waals surface area contributed by atoms with Crippen molar-refractivity contribution < 1.29 is 0 Å². The standard InChI is InChI=1S/C16H15ClN6/c17-12-8-10(18)6-7-11(12)13(9-4-2-1-3-5-9)14-21-15(19)23-16(20)22-14/h1-8,13H,18H2,(H4,19,20,21,22,23)/t13-/m1/s1. The molecule has 0 bridgehead atoms. The second-order valence-electron chi connectivity index (χ2n) is 5.03. The predicted molar refractivity (Wildman–Crippen MR) is 91.9 cm³/mol. The lowest BCUT2D eigenvalue weighted by atomic mass is 9.90. The zero-order valence-electron chi connectivity index (χ0n) is 12.1. The number of nitrogens with two attached hydrogens (primary N) is 3. The average molecular weight is 327 g/mol. The summed E-state index contributed by atoms with van der Waals surface area (Å²) in [5.74, 6) is 0.254. The number of nitrogen functional groups attached to an aromatic ring is 3. The Morgan fingerprint density at radius 1 is 0.826 bits per heavy atom. The Hall–Kier alpha value is -2.86. The van der Waals surface area contributed by atoms with E-state index in [0.29, 0.717) is 16.5 Å². The van der Waals surface area contributed by atoms with E-state index >= 15 is 0 Å². The molecular formula is C16H15ClN6. The van der Waals surface area contributed by atoms with Crippen LogP contribution in [0.3, 0.4) is 0 Å². The first kappa shape index (κ1) is 15.1. The van der Waals surface area contributed by atoms with E-state index in [2.05, 4.69) is 15.0 Å². The summed E-state index contributed by atoms with van der Waals surface area (Å²) >= 11 is 6.39. The van der Waals surface area contributed by atoms with E-state index in [-0.39, 0.29) is 17.8 Å². The fraction of sp³-hybridized carbons (Fsp3) is 0.0625. The summed E-state index contributed by atoms with van der Waals surface area (Å²) in [6.07, 6.45) is 0. The van der Waals surface area contributed by atoms with E-state index in [4.69, 9.17) is 28.8 Å². The third kappa shape index (κ3) is 3.17. The monoisotopic (exact) mass is 326 g/mol. The number of benzene rings is 2. The van der Waals surface area contributed by atoms with Crippen molar-refractivity contribution in [2.75, 3.05) is 17.2 Å². The van der Waals surface area contributed by atoms with Gasteiger partial charge in [-0.05, 0) is 23.3 Å². The molecule has 0 amide bonds. The summed E-state index contributed by atoms with van der Waals surface area (Å²) < 4.78 is 0. The molecule has 0 saturated carbocycles. The Morgan fingerprint density at radius 2 is 1.48 bits per heavy atom. The Labute approximate surface area is 138 Å². The van der Waals surface area contributed by atoms with E-state index in [1.165, 1.54) is 0 Å². The summed E-state index contributed by atoms with van der Waals surface area (Å²) in [4.78, 5) is 12.3. The summed E-state index contributed by atoms with van der Waals surface area (Å²) in [6.45, 7) is 0. The summed E-state index contributed by atoms with van der Waals surface area (Å²) in [5, 5.41) is 0.524. The predicted octanol–water partition coefficient (Wildman–Crippen LogP) is 2.45. The second kappa shape index (κ2) is 6.10. The quantitative estimate of drug-likeness (QED) is 0.636. The van der Waals surface area contributed by atoms with Crippen LogP contribution in [0.5, 0.6) is 0 Å². The number of anilines is 3. The first-order chi connectivity index (χ1) is 11.0. The van der Waals surface area contributed by atoms with Crippen LogP contribution in [0.25, 0.3) is 0 Å². The van der Waals surface area contributed by atoms with Crippen LogP contribution in [-0.4, -0.2) is 15.0 Å². The Kier molecular flexibility index (Phi) is 3.99. The van der Waals surface area contributed by atoms with Gasteiger partial charge in [-0.2, -0.15) is 15.0 Å². The van der Waals surface area contributed by atoms with Crippen LogP contribution in [0.1, 0.15) is 22.9 Å². The lowest BCUT2D eigenvalue weighted by Crippen LogP contribution is -2.13. The van der Waals surface area contributed by atoms with E-state index in [1.54, 1.807) is 12.1 Å². The molecule has 23 heavy (non-hydrogen) atoms. The molecule has 116 valence electrons. The highest BCUT2D eigenvalue weighted by Crippen LogP contribution is 2.35. The lowest BCUT2D eigenvalue weighted by molar-refractivity contribution is 0.843. The van der Waals surface area contributed by atoms with Crippen LogP contribution >= 0.6 is 11.6 Å². The summed E-state index contributed by atoms with van der Waals surface area (Å²) in [6, 6.07) is 15.1. The van der Waals surface area contributed by atoms with Gasteiger partial charge in [-0.3, -0.25) is 0 Å². The lowest BCUT2D eigenvalue weighted by Gasteiger charge is -2.18. The van der Waals surface area contributed by atoms with E-state index in [9.17, 15) is 0 Å². The topological polar surface area (TPSA) is 117 Å². The van der Waals surface area contributed by atoms with E-state index in [1.807, 2.05) is 36.4 Å². The van der Waals surface area contributed by atoms with Gasteiger partial charge in [0, 0.05) is 10.7 Å². The number of nitrogens with zero attached hydrogens (tertiary/aromatic N) is 3. The first-order valence-electron chi connectivity index (χ1n) is 6.91. The van der Waals surface area contributed by atoms with Gasteiger partial charge in [0.1, 0.15) is 5.82 Å². The molecular weight excluding hydrogens is 312 g/mol. The van der Waals surface area contributed by atoms with Crippen molar-refractivity contribution in [3.8, 4) is 0 Å². The molecule has 0 aliphatic carbocycles. The molecule has 0 radical (unpaired) electrons. The molecule has 0 aliphatic rings. The molecule has 6 N–H and O–H groups in total. The smallest absolute Gasteiger partial charge is 0.225 e. The normalized spacial score (nSPS) is 12.0. The molecule has 3 aromatic rings. The number of hydrogen-bond donors (Lipinski definition) is 3. The summed E-state index contributed by atoms with van der Waals surface area (Å²) in [7, 11) is 0. The van der Waals surface area contributed by atoms with Gasteiger partial charge in [0.2, 0.25) is 11.9 Å². The van der Waals surface area contributed by atoms with Crippen molar-refractivity contribution in [1.82, 2.24) is 15.0 Å². The van der Waals surface area contributed by atoms with Crippen molar-refractivity contribution >= 4 is 29.2 Å². The third-order valence-electron chi connectivity index (χ3n) is 3.41. The van der Waals surface area contributed by atoms with Gasteiger partial charge in [0.05, 0.1) is 5.92 Å². The number of hydrogen-bond acceptors (Lipinski definition) is 6. The Bertz CT molecular complexity index is 817. The number of aromatic nitrogens is 3. The molecule has 0 fully saturated rings. The Morgan fingerprint density at radius 3 is 2.09 bits per heavy atom. The minimum atomic E-state index is -0.322. The largest absolute Gasteiger partial charge is 0.399 e. The molecule has 0 saturated heterocycles. The molecule has 7 heteroatoms. The van der Waals surface area contributed by atoms with Gasteiger partial charge in [-0.15, -0.1) is 0 Å². The number of rotatable bonds is 3. The van der Waals surface area contributed by atoms with Crippen molar-refractivity contribution in [2.24, 2.45) is 0 Å². The van der Waals surface area contributed by atoms with Crippen LogP contribution in [0, 0.1) is 0 Å². The van der Waals surface area contributed by atoms with E-state index < -0.39 is 0 Å². The second-order valence-corrected chi connectivity index (χ2v) is 5.44. The maximum absolute atomic E-state index is 6.39. The van der Waals surface area contributed by atoms with Gasteiger partial charge in [0.25, 0.3) is 0 Å². The van der Waals surface area contributed by atoms with Crippen molar-refractivity contribution in [3.63, 3.8) is 0 Å². The highest BCUT2D eigenvalue weighted by molar-refractivity contribution is 6.31. The molecule has 3 rings (SSSR count). The molecule has 2 aromatic carbocycles. The zero-order valence-corrected chi connectivity index (χ0v) is 12.9. The fourth-order valence-corrected chi connectivity index (χ4v) is 2.74. The molecule has 1 aromatic heterocycles. The van der Waals surface area contributed by atoms with E-state index in [0.717, 1.165) is 11.1 Å². The summed E-state index contributed by atoms with van der Waals surface area (Å²) in [5.41, 5.74) is 19.6. The first-order valence-corrected chi connectivity index (χ1v) is 7.29. The van der Waals surface area contributed by atoms with Gasteiger partial charge in [0.15, 0.2) is 0 Å². The maximum Gasteiger partial charge on any atom is 0.225 e. The van der Waals surface area contributed by atoms with Gasteiger partial charge < -0.3 is 17.2 Å². The van der Waals surface area contributed by atoms with Crippen molar-refractivity contribution in [1.29, 1.82) is 0 Å². The highest BCUT2D eigenvalue weighted by Gasteiger charge is 2.23. The molecule has 0 unspecified atom stereocenters. The molecule has 6 nitrogen and oxygen atoms in total. The average Bonchev–Trinajstić information content (AvgIpc) is 2.50. The van der Waals surface area contributed by atoms with Crippen molar-refractivity contribution in [2.45, 2.75) is 5.92 Å². The molecule has 1 heterocycles. The van der Waals surface area contributed by atoms with Crippen LogP contribution in [0.2, 0.25) is 5.02 Å². The number of halogens is 1. The van der Waals surface area contributed by atoms with Gasteiger partial charge in [-0.25, -0.2) is 0 Å². The van der Waals surface area contributed by atoms with Crippen LogP contribution < -0.4 is 17.2 Å². The fourth-order valence-electron chi connectivity index (χ4n) is 2.45. The van der Waals surface area contributed by atoms with Crippen LogP contribution in [0.15, 0.2) is 48.5 Å². The minimum absolute atomic E-state index is 0.0694. The zero-order chi connectivity index (χ0) is 16.4. The maximum atomic E-state index is 6.39. The SMILES string of the molecule is Nc1ccc([C@@H](c2ccccc2)c2nc(N)nc(N)n2)c(Cl)c1.